The normalized spacial score (nSPS) is 39.8. The molecule has 13 atom stereocenters. The van der Waals surface area contributed by atoms with Crippen LogP contribution in [0.5, 0.6) is 0 Å². The van der Waals surface area contributed by atoms with Crippen molar-refractivity contribution in [2.24, 2.45) is 29.6 Å². The molecule has 360 valence electrons. The summed E-state index contributed by atoms with van der Waals surface area (Å²) < 4.78 is 38.7. The maximum Gasteiger partial charge on any atom is 0.329 e. The van der Waals surface area contributed by atoms with Gasteiger partial charge < -0.3 is 38.4 Å². The van der Waals surface area contributed by atoms with E-state index in [0.717, 1.165) is 5.57 Å². The number of cyclic esters (lactones) is 1. The van der Waals surface area contributed by atoms with Crippen LogP contribution in [0, 0.1) is 29.6 Å². The van der Waals surface area contributed by atoms with Gasteiger partial charge in [0.15, 0.2) is 17.4 Å². The number of fused-ring (bicyclic) bond motifs is 7. The number of Topliss-reactive ketones (excluding diaryl/α,β-unsaturated/α-hetero) is 3. The first-order valence-electron chi connectivity index (χ1n) is 24.1. The standard InChI is InChI=1S/C51H79NO12/c1-14-37-19-21-41(32(5)25-30(3)36(9)53)59-48(57)40-17-15-16-22-52(40)47(56)46(55)51(58)34(7)18-20-38(61-51)26-43-35(8)44(64-50(12,13)63-43)28-39-27-42(62-49(10,11)60-39)31(4)23-29(2)24-33(6)45(37)54/h19,23,25,29-30,33-35,38-44,58H,14-18,20-22,24,26-28H2,1-13H3/b31-23+,32-25+,37-19+. The molecule has 5 aliphatic rings. The Labute approximate surface area is 382 Å². The lowest BCUT2D eigenvalue weighted by Gasteiger charge is -2.49. The molecule has 0 aliphatic carbocycles. The highest BCUT2D eigenvalue weighted by molar-refractivity contribution is 6.39. The molecule has 0 radical (unpaired) electrons. The van der Waals surface area contributed by atoms with Crippen LogP contribution >= 0.6 is 0 Å². The first-order valence-corrected chi connectivity index (χ1v) is 24.1. The summed E-state index contributed by atoms with van der Waals surface area (Å²) in [6.45, 7) is 24.6. The fraction of sp³-hybridized carbons (Fsp3) is 0.784. The lowest BCUT2D eigenvalue weighted by atomic mass is 9.82. The number of hydrogen-bond acceptors (Lipinski definition) is 12. The minimum Gasteiger partial charge on any atom is -0.456 e. The van der Waals surface area contributed by atoms with E-state index in [1.165, 1.54) is 11.8 Å². The van der Waals surface area contributed by atoms with Gasteiger partial charge in [-0.1, -0.05) is 59.8 Å². The van der Waals surface area contributed by atoms with Crippen LogP contribution < -0.4 is 0 Å². The monoisotopic (exact) mass is 898 g/mol. The Kier molecular flexibility index (Phi) is 17.2. The van der Waals surface area contributed by atoms with Crippen LogP contribution in [0.2, 0.25) is 0 Å². The van der Waals surface area contributed by atoms with Gasteiger partial charge in [-0.15, -0.1) is 0 Å². The van der Waals surface area contributed by atoms with E-state index in [1.54, 1.807) is 26.8 Å². The Bertz CT molecular complexity index is 1810. The molecule has 4 saturated heterocycles. The van der Waals surface area contributed by atoms with Gasteiger partial charge in [0, 0.05) is 55.9 Å². The zero-order valence-corrected chi connectivity index (χ0v) is 41.0. The molecular formula is C51H79NO12. The molecule has 4 fully saturated rings. The van der Waals surface area contributed by atoms with Crippen LogP contribution in [0.4, 0.5) is 0 Å². The smallest absolute Gasteiger partial charge is 0.329 e. The topological polar surface area (TPSA) is 164 Å². The van der Waals surface area contributed by atoms with E-state index in [0.29, 0.717) is 68.9 Å². The predicted molar refractivity (Wildman–Crippen MR) is 241 cm³/mol. The quantitative estimate of drug-likeness (QED) is 0.163. The number of carbonyl (C=O) groups is 5. The van der Waals surface area contributed by atoms with E-state index in [2.05, 4.69) is 26.8 Å². The van der Waals surface area contributed by atoms with Gasteiger partial charge in [0.1, 0.15) is 17.9 Å². The Morgan fingerprint density at radius 2 is 1.50 bits per heavy atom. The first kappa shape index (κ1) is 51.9. The molecule has 13 nitrogen and oxygen atoms in total. The van der Waals surface area contributed by atoms with Crippen LogP contribution in [0.25, 0.3) is 0 Å². The number of ketones is 3. The van der Waals surface area contributed by atoms with E-state index in [-0.39, 0.29) is 73.1 Å². The molecule has 6 bridgehead atoms. The molecule has 64 heavy (non-hydrogen) atoms. The van der Waals surface area contributed by atoms with Gasteiger partial charge in [-0.05, 0) is 116 Å². The zero-order chi connectivity index (χ0) is 47.5. The lowest BCUT2D eigenvalue weighted by molar-refractivity contribution is -0.341. The maximum atomic E-state index is 14.3. The second-order valence-corrected chi connectivity index (χ2v) is 20.7. The third-order valence-corrected chi connectivity index (χ3v) is 14.3. The van der Waals surface area contributed by atoms with Crippen LogP contribution in [-0.4, -0.2) is 106 Å². The highest BCUT2D eigenvalue weighted by Crippen LogP contribution is 2.42. The van der Waals surface area contributed by atoms with Gasteiger partial charge in [0.25, 0.3) is 11.7 Å². The molecule has 13 unspecified atom stereocenters. The lowest BCUT2D eigenvalue weighted by Crippen LogP contribution is -2.61. The Morgan fingerprint density at radius 3 is 2.14 bits per heavy atom. The largest absolute Gasteiger partial charge is 0.456 e. The van der Waals surface area contributed by atoms with E-state index in [9.17, 15) is 29.1 Å². The van der Waals surface area contributed by atoms with Gasteiger partial charge in [-0.2, -0.15) is 0 Å². The number of allylic oxidation sites excluding steroid dienone is 3. The molecule has 1 amide bonds. The van der Waals surface area contributed by atoms with E-state index in [4.69, 9.17) is 28.4 Å². The summed E-state index contributed by atoms with van der Waals surface area (Å²) in [5, 5.41) is 12.1. The zero-order valence-electron chi connectivity index (χ0n) is 41.0. The fourth-order valence-corrected chi connectivity index (χ4v) is 10.4. The highest BCUT2D eigenvalue weighted by atomic mass is 16.7. The summed E-state index contributed by atoms with van der Waals surface area (Å²) in [7, 11) is 0. The average molecular weight is 898 g/mol. The van der Waals surface area contributed by atoms with Gasteiger partial charge >= 0.3 is 5.97 Å². The molecule has 0 aromatic heterocycles. The third kappa shape index (κ3) is 12.7. The van der Waals surface area contributed by atoms with Crippen LogP contribution in [0.1, 0.15) is 161 Å². The minimum absolute atomic E-state index is 0.0128. The molecular weight excluding hydrogens is 819 g/mol. The number of rotatable bonds is 4. The molecule has 5 heterocycles. The third-order valence-electron chi connectivity index (χ3n) is 14.3. The summed E-state index contributed by atoms with van der Waals surface area (Å²) in [6, 6.07) is -1.09. The van der Waals surface area contributed by atoms with Gasteiger partial charge in [-0.3, -0.25) is 19.2 Å². The number of carbonyl (C=O) groups excluding carboxylic acids is 5. The molecule has 1 N–H and O–H groups in total. The molecule has 5 rings (SSSR count). The number of esters is 1. The van der Waals surface area contributed by atoms with Crippen molar-refractivity contribution in [2.75, 3.05) is 6.54 Å². The van der Waals surface area contributed by atoms with Gasteiger partial charge in [0.2, 0.25) is 5.79 Å². The summed E-state index contributed by atoms with van der Waals surface area (Å²) in [5.41, 5.74) is 2.32. The SMILES string of the molecule is CC/C1=C\CC(/C(C)=C/C(C)C(C)=O)OC(=O)C2CCCCN2C(=O)C(=O)C2(O)OC(CCC2C)CC2OC(C)(C)OC(CC3CC(OC(C)(C)O3)/C(C)=C/C(C)CC(C)C1=O)C2C. The molecule has 13 heteroatoms. The van der Waals surface area contributed by atoms with Gasteiger partial charge in [-0.25, -0.2) is 4.79 Å². The van der Waals surface area contributed by atoms with Crippen LogP contribution in [0.15, 0.2) is 34.9 Å². The van der Waals surface area contributed by atoms with Crippen LogP contribution in [-0.2, 0) is 52.4 Å². The number of piperidine rings is 1. The fourth-order valence-electron chi connectivity index (χ4n) is 10.4. The minimum atomic E-state index is -2.42. The van der Waals surface area contributed by atoms with E-state index in [1.807, 2.05) is 47.6 Å². The van der Waals surface area contributed by atoms with Crippen molar-refractivity contribution < 1.29 is 57.5 Å². The second-order valence-electron chi connectivity index (χ2n) is 20.7. The Morgan fingerprint density at radius 1 is 0.859 bits per heavy atom. The molecule has 5 aliphatic heterocycles. The predicted octanol–water partition coefficient (Wildman–Crippen LogP) is 8.29. The summed E-state index contributed by atoms with van der Waals surface area (Å²) in [5.74, 6) is -8.57. The van der Waals surface area contributed by atoms with Crippen molar-refractivity contribution in [3.63, 3.8) is 0 Å². The average Bonchev–Trinajstić information content (AvgIpc) is 3.21. The molecule has 0 saturated carbocycles. The molecule has 0 aromatic rings. The Balaban J connectivity index is 1.53. The second kappa shape index (κ2) is 21.3. The van der Waals surface area contributed by atoms with Crippen molar-refractivity contribution in [3.05, 3.63) is 34.9 Å². The number of ether oxygens (including phenoxy) is 6. The molecule has 0 aromatic carbocycles. The number of nitrogens with zero attached hydrogens (tertiary/aromatic N) is 1. The number of amides is 1. The van der Waals surface area contributed by atoms with E-state index >= 15 is 0 Å². The Hall–Kier alpha value is -3.07. The maximum absolute atomic E-state index is 14.3. The summed E-state index contributed by atoms with van der Waals surface area (Å²) in [6.07, 6.45) is 8.52. The number of aliphatic hydroxyl groups is 1. The highest BCUT2D eigenvalue weighted by Gasteiger charge is 2.54. The molecule has 0 spiro atoms. The van der Waals surface area contributed by atoms with Crippen molar-refractivity contribution in [2.45, 2.75) is 221 Å². The first-order chi connectivity index (χ1) is 29.8. The van der Waals surface area contributed by atoms with Crippen molar-refractivity contribution in [1.29, 1.82) is 0 Å². The van der Waals surface area contributed by atoms with Crippen LogP contribution in [0.3, 0.4) is 0 Å². The van der Waals surface area contributed by atoms with Crippen molar-refractivity contribution in [3.8, 4) is 0 Å². The summed E-state index contributed by atoms with van der Waals surface area (Å²) >= 11 is 0. The van der Waals surface area contributed by atoms with Crippen molar-refractivity contribution >= 4 is 29.2 Å². The van der Waals surface area contributed by atoms with Crippen molar-refractivity contribution in [1.82, 2.24) is 4.90 Å². The van der Waals surface area contributed by atoms with E-state index < -0.39 is 65.1 Å². The van der Waals surface area contributed by atoms with Gasteiger partial charge in [0.05, 0.1) is 30.5 Å². The number of hydrogen-bond donors (Lipinski definition) is 1. The summed E-state index contributed by atoms with van der Waals surface area (Å²) in [4.78, 5) is 70.5.